The number of aromatic amines is 2. The predicted molar refractivity (Wildman–Crippen MR) is 156 cm³/mol. The molecule has 2 aliphatic rings. The number of pyridine rings is 4. The quantitative estimate of drug-likeness (QED) is 0.229. The standard InChI is InChI=1S/C32H18N8/c1-5-33-13-21-17(1)25-9-30-22-14-34-6-2-18(22)27(38-30)11-32-24-16-36-8-4-20(24)28(40-32)12-31-23-15-35-7-3-19(23)26(39-31)10-29(21)37-25/h1-16,37,40H. The monoisotopic (exact) mass is 514 g/mol. The first-order chi connectivity index (χ1) is 19.8. The van der Waals surface area contributed by atoms with Gasteiger partial charge in [0.2, 0.25) is 0 Å². The van der Waals surface area contributed by atoms with E-state index in [0.717, 1.165) is 88.6 Å². The second-order valence-electron chi connectivity index (χ2n) is 9.93. The van der Waals surface area contributed by atoms with Crippen LogP contribution in [0.25, 0.3) is 88.6 Å². The highest BCUT2D eigenvalue weighted by atomic mass is 14.8. The summed E-state index contributed by atoms with van der Waals surface area (Å²) < 4.78 is 0. The van der Waals surface area contributed by atoms with E-state index >= 15 is 0 Å². The van der Waals surface area contributed by atoms with Gasteiger partial charge in [-0.05, 0) is 48.5 Å². The van der Waals surface area contributed by atoms with Crippen molar-refractivity contribution >= 4 is 43.6 Å². The van der Waals surface area contributed by atoms with E-state index in [1.165, 1.54) is 0 Å². The zero-order valence-electron chi connectivity index (χ0n) is 20.9. The summed E-state index contributed by atoms with van der Waals surface area (Å²) in [7, 11) is 0. The Kier molecular flexibility index (Phi) is 4.17. The fraction of sp³-hybridized carbons (Fsp3) is 0. The van der Waals surface area contributed by atoms with Gasteiger partial charge in [0.1, 0.15) is 0 Å². The third-order valence-electron chi connectivity index (χ3n) is 7.69. The molecule has 0 amide bonds. The average molecular weight is 515 g/mol. The minimum absolute atomic E-state index is 0.846. The first-order valence-corrected chi connectivity index (χ1v) is 12.9. The molecule has 8 nitrogen and oxygen atoms in total. The molecular weight excluding hydrogens is 496 g/mol. The zero-order valence-corrected chi connectivity index (χ0v) is 20.9. The van der Waals surface area contributed by atoms with Crippen LogP contribution in [0, 0.1) is 0 Å². The van der Waals surface area contributed by atoms with Gasteiger partial charge in [-0.3, -0.25) is 19.9 Å². The van der Waals surface area contributed by atoms with Crippen LogP contribution in [0.1, 0.15) is 0 Å². The molecule has 2 aliphatic heterocycles. The lowest BCUT2D eigenvalue weighted by atomic mass is 10.1. The predicted octanol–water partition coefficient (Wildman–Crippen LogP) is 6.87. The van der Waals surface area contributed by atoms with Gasteiger partial charge in [0.15, 0.2) is 0 Å². The summed E-state index contributed by atoms with van der Waals surface area (Å²) in [6.07, 6.45) is 14.8. The maximum atomic E-state index is 5.09. The number of nitrogens with zero attached hydrogens (tertiary/aromatic N) is 6. The summed E-state index contributed by atoms with van der Waals surface area (Å²) in [6, 6.07) is 16.4. The lowest BCUT2D eigenvalue weighted by Crippen LogP contribution is -1.78. The third kappa shape index (κ3) is 3.01. The van der Waals surface area contributed by atoms with E-state index in [4.69, 9.17) is 9.97 Å². The van der Waals surface area contributed by atoms with Gasteiger partial charge in [0, 0.05) is 104 Å². The molecule has 0 aromatic carbocycles. The van der Waals surface area contributed by atoms with E-state index in [1.54, 1.807) is 0 Å². The topological polar surface area (TPSA) is 109 Å². The van der Waals surface area contributed by atoms with Crippen molar-refractivity contribution in [2.75, 3.05) is 0 Å². The van der Waals surface area contributed by atoms with E-state index in [0.29, 0.717) is 0 Å². The van der Waals surface area contributed by atoms with E-state index < -0.39 is 0 Å². The van der Waals surface area contributed by atoms with Crippen LogP contribution in [0.4, 0.5) is 0 Å². The molecule has 40 heavy (non-hydrogen) atoms. The summed E-state index contributed by atoms with van der Waals surface area (Å²) >= 11 is 0. The van der Waals surface area contributed by atoms with Gasteiger partial charge >= 0.3 is 0 Å². The Morgan fingerprint density at radius 1 is 0.375 bits per heavy atom. The van der Waals surface area contributed by atoms with Crippen molar-refractivity contribution in [3.63, 3.8) is 0 Å². The zero-order chi connectivity index (χ0) is 26.2. The summed E-state index contributed by atoms with van der Waals surface area (Å²) in [5.74, 6) is 0. The van der Waals surface area contributed by atoms with Crippen LogP contribution in [0.2, 0.25) is 0 Å². The Bertz CT molecular complexity index is 2030. The molecule has 9 rings (SSSR count). The third-order valence-corrected chi connectivity index (χ3v) is 7.69. The highest BCUT2D eigenvalue weighted by Gasteiger charge is 2.19. The highest BCUT2D eigenvalue weighted by Crippen LogP contribution is 2.39. The molecule has 7 aromatic rings. The van der Waals surface area contributed by atoms with Gasteiger partial charge in [0.25, 0.3) is 0 Å². The Hall–Kier alpha value is -5.76. The molecule has 0 saturated carbocycles. The van der Waals surface area contributed by atoms with Crippen LogP contribution >= 0.6 is 0 Å². The Morgan fingerprint density at radius 2 is 0.750 bits per heavy atom. The summed E-state index contributed by atoms with van der Waals surface area (Å²) in [5, 5.41) is 4.15. The van der Waals surface area contributed by atoms with Crippen LogP contribution in [0.5, 0.6) is 0 Å². The van der Waals surface area contributed by atoms with Crippen molar-refractivity contribution in [3.05, 3.63) is 98.1 Å². The van der Waals surface area contributed by atoms with E-state index in [1.807, 2.05) is 73.8 Å². The molecule has 8 bridgehead atoms. The van der Waals surface area contributed by atoms with Gasteiger partial charge in [-0.1, -0.05) is 0 Å². The SMILES string of the molecule is c1cc2c(cn1)-c1cc3[nH]c(cc4nc(cc5[nH]c(cc-2n1)c1cnccc51)-c1cnccc1-4)c1cnccc31. The average Bonchev–Trinajstić information content (AvgIpc) is 3.73. The number of hydrogen-bond donors (Lipinski definition) is 2. The molecule has 7 aromatic heterocycles. The van der Waals surface area contributed by atoms with Crippen molar-refractivity contribution in [2.24, 2.45) is 0 Å². The van der Waals surface area contributed by atoms with Gasteiger partial charge < -0.3 is 9.97 Å². The van der Waals surface area contributed by atoms with Crippen molar-refractivity contribution in [1.82, 2.24) is 39.9 Å². The first kappa shape index (κ1) is 21.2. The van der Waals surface area contributed by atoms with Crippen LogP contribution in [0.3, 0.4) is 0 Å². The first-order valence-electron chi connectivity index (χ1n) is 12.9. The minimum Gasteiger partial charge on any atom is -0.354 e. The van der Waals surface area contributed by atoms with Gasteiger partial charge in [0.05, 0.1) is 33.8 Å². The molecule has 8 heteroatoms. The molecule has 0 spiro atoms. The molecule has 0 atom stereocenters. The lowest BCUT2D eigenvalue weighted by Gasteiger charge is -1.97. The fourth-order valence-electron chi connectivity index (χ4n) is 5.83. The molecule has 186 valence electrons. The molecule has 0 unspecified atom stereocenters. The molecular formula is C32H18N8. The number of hydrogen-bond acceptors (Lipinski definition) is 6. The number of rotatable bonds is 0. The molecule has 0 aliphatic carbocycles. The highest BCUT2D eigenvalue weighted by molar-refractivity contribution is 6.09. The number of aromatic nitrogens is 8. The van der Waals surface area contributed by atoms with Crippen LogP contribution in [-0.4, -0.2) is 39.9 Å². The molecule has 2 N–H and O–H groups in total. The molecule has 9 heterocycles. The van der Waals surface area contributed by atoms with Crippen molar-refractivity contribution < 1.29 is 0 Å². The summed E-state index contributed by atoms with van der Waals surface area (Å²) in [4.78, 5) is 35.1. The van der Waals surface area contributed by atoms with Gasteiger partial charge in [-0.15, -0.1) is 0 Å². The Morgan fingerprint density at radius 3 is 1.23 bits per heavy atom. The molecule has 0 saturated heterocycles. The van der Waals surface area contributed by atoms with Crippen molar-refractivity contribution in [1.29, 1.82) is 0 Å². The van der Waals surface area contributed by atoms with Gasteiger partial charge in [-0.25, -0.2) is 9.97 Å². The number of nitrogens with one attached hydrogen (secondary N) is 2. The van der Waals surface area contributed by atoms with Crippen LogP contribution in [-0.2, 0) is 0 Å². The molecule has 0 fully saturated rings. The largest absolute Gasteiger partial charge is 0.354 e. The Balaban J connectivity index is 1.51. The Labute approximate surface area is 226 Å². The van der Waals surface area contributed by atoms with Crippen molar-refractivity contribution in [2.45, 2.75) is 0 Å². The maximum absolute atomic E-state index is 5.09. The smallest absolute Gasteiger partial charge is 0.0752 e. The van der Waals surface area contributed by atoms with Crippen molar-refractivity contribution in [3.8, 4) is 45.0 Å². The normalized spacial score (nSPS) is 12.0. The van der Waals surface area contributed by atoms with Crippen LogP contribution in [0.15, 0.2) is 98.1 Å². The fourth-order valence-corrected chi connectivity index (χ4v) is 5.83. The van der Waals surface area contributed by atoms with Gasteiger partial charge in [-0.2, -0.15) is 0 Å². The maximum Gasteiger partial charge on any atom is 0.0752 e. The van der Waals surface area contributed by atoms with E-state index in [2.05, 4.69) is 54.2 Å². The second-order valence-corrected chi connectivity index (χ2v) is 9.93. The van der Waals surface area contributed by atoms with Crippen LogP contribution < -0.4 is 0 Å². The number of H-pyrrole nitrogens is 2. The molecule has 0 radical (unpaired) electrons. The van der Waals surface area contributed by atoms with E-state index in [-0.39, 0.29) is 0 Å². The number of fused-ring (bicyclic) bond motifs is 20. The lowest BCUT2D eigenvalue weighted by molar-refractivity contribution is 1.34. The summed E-state index contributed by atoms with van der Waals surface area (Å²) in [5.41, 5.74) is 11.2. The summed E-state index contributed by atoms with van der Waals surface area (Å²) in [6.45, 7) is 0. The second kappa shape index (κ2) is 7.87. The van der Waals surface area contributed by atoms with E-state index in [9.17, 15) is 0 Å². The minimum atomic E-state index is 0.846.